The Morgan fingerprint density at radius 1 is 1.12 bits per heavy atom. The van der Waals surface area contributed by atoms with Gasteiger partial charge in [-0.2, -0.15) is 0 Å². The number of primary amides is 1. The van der Waals surface area contributed by atoms with Gasteiger partial charge in [-0.25, -0.2) is 0 Å². The smallest absolute Gasteiger partial charge is 0.244 e. The van der Waals surface area contributed by atoms with Crippen LogP contribution in [0.1, 0.15) is 35.1 Å². The summed E-state index contributed by atoms with van der Waals surface area (Å²) in [5.74, 6) is 5.26. The highest BCUT2D eigenvalue weighted by Crippen LogP contribution is 2.17. The first-order chi connectivity index (χ1) is 16.0. The summed E-state index contributed by atoms with van der Waals surface area (Å²) in [6.45, 7) is 0.320. The number of rotatable bonds is 10. The quantitative estimate of drug-likeness (QED) is 0.327. The molecule has 170 valence electrons. The molecule has 33 heavy (non-hydrogen) atoms. The van der Waals surface area contributed by atoms with Gasteiger partial charge in [0.2, 0.25) is 11.8 Å². The molecular weight excluding hydrogens is 416 g/mol. The van der Waals surface area contributed by atoms with E-state index in [4.69, 9.17) is 10.8 Å². The summed E-state index contributed by atoms with van der Waals surface area (Å²) in [7, 11) is 0. The lowest BCUT2D eigenvalue weighted by Crippen LogP contribution is -2.42. The third-order valence-corrected chi connectivity index (χ3v) is 5.00. The number of amides is 2. The maximum absolute atomic E-state index is 11.8. The maximum Gasteiger partial charge on any atom is 0.244 e. The number of hydrogen-bond donors (Lipinski definition) is 4. The minimum absolute atomic E-state index is 0.0200. The van der Waals surface area contributed by atoms with E-state index in [1.807, 2.05) is 54.6 Å². The predicted octanol–water partition coefficient (Wildman–Crippen LogP) is 1.38. The number of hydrogen-bond acceptors (Lipinski definition) is 5. The second kappa shape index (κ2) is 12.3. The van der Waals surface area contributed by atoms with Crippen LogP contribution in [0.5, 0.6) is 0 Å². The lowest BCUT2D eigenvalue weighted by Gasteiger charge is -2.10. The van der Waals surface area contributed by atoms with Gasteiger partial charge in [0, 0.05) is 24.4 Å². The van der Waals surface area contributed by atoms with Crippen molar-refractivity contribution in [3.63, 3.8) is 0 Å². The zero-order valence-electron chi connectivity index (χ0n) is 18.3. The number of nitrogens with two attached hydrogens (primary N) is 1. The molecule has 1 aliphatic rings. The van der Waals surface area contributed by atoms with Crippen molar-refractivity contribution in [2.24, 2.45) is 10.7 Å². The number of aliphatic hydroxyl groups is 1. The van der Waals surface area contributed by atoms with Crippen molar-refractivity contribution in [1.29, 1.82) is 0 Å². The van der Waals surface area contributed by atoms with Crippen LogP contribution in [0.15, 0.2) is 59.6 Å². The van der Waals surface area contributed by atoms with E-state index in [1.54, 1.807) is 12.3 Å². The number of aliphatic hydroxyl groups excluding tert-OH is 1. The Kier molecular flexibility index (Phi) is 8.95. The Morgan fingerprint density at radius 2 is 1.82 bits per heavy atom. The van der Waals surface area contributed by atoms with Crippen LogP contribution >= 0.6 is 0 Å². The van der Waals surface area contributed by atoms with Gasteiger partial charge in [0.05, 0.1) is 13.2 Å². The number of carbonyl (C=O) groups excluding carboxylic acids is 2. The highest BCUT2D eigenvalue weighted by Gasteiger charge is 2.21. The summed E-state index contributed by atoms with van der Waals surface area (Å²) in [5.41, 5.74) is 8.93. The van der Waals surface area contributed by atoms with Gasteiger partial charge >= 0.3 is 0 Å². The van der Waals surface area contributed by atoms with Crippen LogP contribution in [0.4, 0.5) is 0 Å². The van der Waals surface area contributed by atoms with Gasteiger partial charge in [-0.15, -0.1) is 0 Å². The normalized spacial score (nSPS) is 14.1. The summed E-state index contributed by atoms with van der Waals surface area (Å²) in [4.78, 5) is 27.7. The zero-order chi connectivity index (χ0) is 23.5. The summed E-state index contributed by atoms with van der Waals surface area (Å²) < 4.78 is 0. The van der Waals surface area contributed by atoms with E-state index in [0.717, 1.165) is 35.1 Å². The van der Waals surface area contributed by atoms with E-state index >= 15 is 0 Å². The topological polar surface area (TPSA) is 117 Å². The Labute approximate surface area is 193 Å². The highest BCUT2D eigenvalue weighted by atomic mass is 16.3. The summed E-state index contributed by atoms with van der Waals surface area (Å²) >= 11 is 0. The van der Waals surface area contributed by atoms with E-state index in [2.05, 4.69) is 27.5 Å². The lowest BCUT2D eigenvalue weighted by atomic mass is 10.1. The van der Waals surface area contributed by atoms with Gasteiger partial charge in [0.25, 0.3) is 0 Å². The molecule has 1 aliphatic carbocycles. The number of nitrogens with one attached hydrogen (secondary N) is 2. The van der Waals surface area contributed by atoms with E-state index in [-0.39, 0.29) is 25.6 Å². The average Bonchev–Trinajstić information content (AvgIpc) is 3.66. The van der Waals surface area contributed by atoms with Gasteiger partial charge in [0.1, 0.15) is 6.04 Å². The molecule has 0 heterocycles. The number of benzene rings is 2. The first-order valence-electron chi connectivity index (χ1n) is 10.8. The first kappa shape index (κ1) is 23.9. The molecule has 1 atom stereocenters. The fraction of sp³-hybridized carbons (Fsp3) is 0.269. The van der Waals surface area contributed by atoms with Gasteiger partial charge < -0.3 is 21.5 Å². The molecule has 0 aliphatic heterocycles. The molecule has 0 aromatic heterocycles. The van der Waals surface area contributed by atoms with Crippen molar-refractivity contribution >= 4 is 24.1 Å². The van der Waals surface area contributed by atoms with Crippen LogP contribution < -0.4 is 16.4 Å². The second-order valence-electron chi connectivity index (χ2n) is 7.78. The van der Waals surface area contributed by atoms with Crippen molar-refractivity contribution < 1.29 is 14.7 Å². The molecule has 1 fully saturated rings. The average molecular weight is 445 g/mol. The third-order valence-electron chi connectivity index (χ3n) is 5.00. The summed E-state index contributed by atoms with van der Waals surface area (Å²) in [6.07, 6.45) is 7.45. The van der Waals surface area contributed by atoms with Crippen molar-refractivity contribution in [2.45, 2.75) is 31.5 Å². The van der Waals surface area contributed by atoms with Crippen LogP contribution in [0.2, 0.25) is 0 Å². The van der Waals surface area contributed by atoms with Gasteiger partial charge in [0.15, 0.2) is 0 Å². The molecule has 1 unspecified atom stereocenters. The molecule has 7 nitrogen and oxygen atoms in total. The monoisotopic (exact) mass is 444 g/mol. The van der Waals surface area contributed by atoms with Gasteiger partial charge in [-0.1, -0.05) is 48.2 Å². The largest absolute Gasteiger partial charge is 0.392 e. The molecule has 3 rings (SSSR count). The molecule has 0 saturated heterocycles. The van der Waals surface area contributed by atoms with Crippen molar-refractivity contribution in [3.8, 4) is 11.8 Å². The van der Waals surface area contributed by atoms with Crippen molar-refractivity contribution in [1.82, 2.24) is 10.6 Å². The Morgan fingerprint density at radius 3 is 2.45 bits per heavy atom. The standard InChI is InChI=1S/C26H28N4O3/c27-26(33)24(16-30-25(32)17-28-23-13-14-23)29-15-21-9-5-19(6-10-21)3-1-2-4-20-7-11-22(18-31)12-8-20/h1,3,5-12,15,23-24,28,31H,13-14,16-18H2,(H2,27,33)(H,30,32)/b3-1+,29-15?. The van der Waals surface area contributed by atoms with E-state index < -0.39 is 11.9 Å². The maximum atomic E-state index is 11.8. The number of nitrogens with zero attached hydrogens (tertiary/aromatic N) is 1. The Hall–Kier alpha value is -3.73. The fourth-order valence-electron chi connectivity index (χ4n) is 2.85. The first-order valence-corrected chi connectivity index (χ1v) is 10.8. The number of carbonyl (C=O) groups is 2. The predicted molar refractivity (Wildman–Crippen MR) is 129 cm³/mol. The molecule has 1 saturated carbocycles. The van der Waals surface area contributed by atoms with E-state index in [0.29, 0.717) is 6.04 Å². The number of aliphatic imine (C=N–C) groups is 1. The molecule has 5 N–H and O–H groups in total. The molecule has 2 amide bonds. The van der Waals surface area contributed by atoms with E-state index in [1.165, 1.54) is 0 Å². The van der Waals surface area contributed by atoms with Crippen LogP contribution in [0.3, 0.4) is 0 Å². The fourth-order valence-corrected chi connectivity index (χ4v) is 2.85. The zero-order valence-corrected chi connectivity index (χ0v) is 18.3. The molecule has 7 heteroatoms. The second-order valence-corrected chi connectivity index (χ2v) is 7.78. The Balaban J connectivity index is 1.49. The molecule has 0 spiro atoms. The minimum Gasteiger partial charge on any atom is -0.392 e. The SMILES string of the molecule is NC(=O)C(CNC(=O)CNC1CC1)N=Cc1ccc(/C=C/C#Cc2ccc(CO)cc2)cc1. The Bertz CT molecular complexity index is 1060. The highest BCUT2D eigenvalue weighted by molar-refractivity contribution is 5.87. The molecular formula is C26H28N4O3. The van der Waals surface area contributed by atoms with Crippen LogP contribution in [0, 0.1) is 11.8 Å². The number of allylic oxidation sites excluding steroid dienone is 1. The van der Waals surface area contributed by atoms with Crippen LogP contribution in [-0.4, -0.2) is 48.3 Å². The van der Waals surface area contributed by atoms with Crippen molar-refractivity contribution in [2.75, 3.05) is 13.1 Å². The third kappa shape index (κ3) is 8.73. The van der Waals surface area contributed by atoms with Gasteiger partial charge in [-0.3, -0.25) is 14.6 Å². The minimum atomic E-state index is -0.823. The molecule has 2 aromatic rings. The summed E-state index contributed by atoms with van der Waals surface area (Å²) in [6, 6.07) is 14.6. The molecule has 0 radical (unpaired) electrons. The van der Waals surface area contributed by atoms with Crippen LogP contribution in [0.25, 0.3) is 6.08 Å². The van der Waals surface area contributed by atoms with Gasteiger partial charge in [-0.05, 0) is 53.8 Å². The molecule has 0 bridgehead atoms. The van der Waals surface area contributed by atoms with E-state index in [9.17, 15) is 9.59 Å². The lowest BCUT2D eigenvalue weighted by molar-refractivity contribution is -0.121. The van der Waals surface area contributed by atoms with Crippen molar-refractivity contribution in [3.05, 3.63) is 76.9 Å². The summed E-state index contributed by atoms with van der Waals surface area (Å²) in [5, 5.41) is 14.9. The van der Waals surface area contributed by atoms with Crippen LogP contribution in [-0.2, 0) is 16.2 Å². The molecule has 2 aromatic carbocycles.